The Bertz CT molecular complexity index is 1810. The van der Waals surface area contributed by atoms with Gasteiger partial charge >= 0.3 is 39.5 Å². The van der Waals surface area contributed by atoms with Gasteiger partial charge < -0.3 is 33.8 Å². The van der Waals surface area contributed by atoms with E-state index in [-0.39, 0.29) is 25.7 Å². The fourth-order valence-electron chi connectivity index (χ4n) is 11.5. The summed E-state index contributed by atoms with van der Waals surface area (Å²) in [6.45, 7) is 7.23. The van der Waals surface area contributed by atoms with Crippen molar-refractivity contribution in [3.8, 4) is 0 Å². The van der Waals surface area contributed by atoms with Crippen molar-refractivity contribution in [1.29, 1.82) is 0 Å². The fraction of sp³-hybridized carbons (Fsp3) is 0.947. The van der Waals surface area contributed by atoms with Gasteiger partial charge in [-0.05, 0) is 31.6 Å². The lowest BCUT2D eigenvalue weighted by Crippen LogP contribution is -2.30. The highest BCUT2D eigenvalue weighted by Crippen LogP contribution is 2.45. The quantitative estimate of drug-likeness (QED) is 0.0222. The number of esters is 4. The van der Waals surface area contributed by atoms with Gasteiger partial charge in [-0.25, -0.2) is 9.13 Å². The van der Waals surface area contributed by atoms with Gasteiger partial charge in [0, 0.05) is 25.7 Å². The summed E-state index contributed by atoms with van der Waals surface area (Å²) in [6, 6.07) is 0. The molecule has 0 amide bonds. The molecule has 3 N–H and O–H groups in total. The Hall–Kier alpha value is -1.94. The minimum absolute atomic E-state index is 0.105. The lowest BCUT2D eigenvalue weighted by molar-refractivity contribution is -0.161. The van der Waals surface area contributed by atoms with Crippen molar-refractivity contribution in [2.75, 3.05) is 39.6 Å². The van der Waals surface area contributed by atoms with Crippen LogP contribution in [0.15, 0.2) is 0 Å². The number of ether oxygens (including phenoxy) is 4. The van der Waals surface area contributed by atoms with Gasteiger partial charge in [-0.3, -0.25) is 37.3 Å². The highest BCUT2D eigenvalue weighted by Gasteiger charge is 2.30. The third kappa shape index (κ3) is 68.6. The predicted molar refractivity (Wildman–Crippen MR) is 382 cm³/mol. The monoisotopic (exact) mass is 1380 g/mol. The zero-order valence-electron chi connectivity index (χ0n) is 61.1. The minimum Gasteiger partial charge on any atom is -0.462 e. The Morgan fingerprint density at radius 3 is 0.723 bits per heavy atom. The maximum absolute atomic E-state index is 13.1. The van der Waals surface area contributed by atoms with Crippen LogP contribution < -0.4 is 0 Å². The molecule has 558 valence electrons. The number of hydrogen-bond acceptors (Lipinski definition) is 15. The lowest BCUT2D eigenvalue weighted by Gasteiger charge is -2.21. The molecule has 0 saturated heterocycles. The first-order chi connectivity index (χ1) is 45.5. The van der Waals surface area contributed by atoms with E-state index in [9.17, 15) is 43.2 Å². The first-order valence-electron chi connectivity index (χ1n) is 39.1. The van der Waals surface area contributed by atoms with Crippen LogP contribution in [0.5, 0.6) is 0 Å². The van der Waals surface area contributed by atoms with E-state index in [2.05, 4.69) is 34.6 Å². The van der Waals surface area contributed by atoms with E-state index in [4.69, 9.17) is 37.0 Å². The molecule has 94 heavy (non-hydrogen) atoms. The highest BCUT2D eigenvalue weighted by atomic mass is 31.2. The van der Waals surface area contributed by atoms with Crippen LogP contribution in [0, 0.1) is 5.92 Å². The molecule has 0 aliphatic carbocycles. The average molecular weight is 1380 g/mol. The van der Waals surface area contributed by atoms with E-state index >= 15 is 0 Å². The van der Waals surface area contributed by atoms with Gasteiger partial charge in [-0.1, -0.05) is 343 Å². The van der Waals surface area contributed by atoms with Crippen molar-refractivity contribution in [3.63, 3.8) is 0 Å². The molecule has 0 fully saturated rings. The highest BCUT2D eigenvalue weighted by molar-refractivity contribution is 7.47. The molecule has 0 radical (unpaired) electrons. The Kier molecular flexibility index (Phi) is 66.8. The molecule has 0 rings (SSSR count). The molecule has 19 heteroatoms. The van der Waals surface area contributed by atoms with Crippen LogP contribution in [0.3, 0.4) is 0 Å². The summed E-state index contributed by atoms with van der Waals surface area (Å²) in [6.07, 6.45) is 57.0. The van der Waals surface area contributed by atoms with Crippen LogP contribution in [-0.2, 0) is 65.4 Å². The Morgan fingerprint density at radius 2 is 0.489 bits per heavy atom. The van der Waals surface area contributed by atoms with Crippen LogP contribution in [-0.4, -0.2) is 96.7 Å². The minimum atomic E-state index is -4.95. The van der Waals surface area contributed by atoms with Crippen LogP contribution in [0.25, 0.3) is 0 Å². The number of carbonyl (C=O) groups is 4. The van der Waals surface area contributed by atoms with Crippen molar-refractivity contribution < 1.29 is 80.2 Å². The van der Waals surface area contributed by atoms with Crippen LogP contribution >= 0.6 is 15.6 Å². The van der Waals surface area contributed by atoms with Crippen LogP contribution in [0.1, 0.15) is 394 Å². The first-order valence-corrected chi connectivity index (χ1v) is 42.1. The SMILES string of the molecule is CCCCCCCCCCCCCCCCCCCCCCCC(=O)O[C@H](COC(=O)CCCCCCCCCCCCCCC)COP(=O)(O)OC[C@@H](O)COP(=O)(O)OC[C@@H](COC(=O)CCCCCCCCCC)OC(=O)CCCCCCCCCCCC(C)C. The number of aliphatic hydroxyl groups is 1. The summed E-state index contributed by atoms with van der Waals surface area (Å²) in [4.78, 5) is 72.6. The Balaban J connectivity index is 5.17. The fourth-order valence-corrected chi connectivity index (χ4v) is 13.1. The van der Waals surface area contributed by atoms with Gasteiger partial charge in [0.15, 0.2) is 12.2 Å². The molecule has 0 saturated carbocycles. The second-order valence-electron chi connectivity index (χ2n) is 27.5. The predicted octanol–water partition coefficient (Wildman–Crippen LogP) is 22.1. The largest absolute Gasteiger partial charge is 0.472 e. The van der Waals surface area contributed by atoms with Crippen molar-refractivity contribution in [2.45, 2.75) is 412 Å². The van der Waals surface area contributed by atoms with E-state index in [1.54, 1.807) is 0 Å². The number of unbranched alkanes of at least 4 members (excludes halogenated alkanes) is 47. The summed E-state index contributed by atoms with van der Waals surface area (Å²) in [5.74, 6) is -1.38. The summed E-state index contributed by atoms with van der Waals surface area (Å²) in [5.41, 5.74) is 0. The van der Waals surface area contributed by atoms with Crippen molar-refractivity contribution in [3.05, 3.63) is 0 Å². The summed E-state index contributed by atoms with van der Waals surface area (Å²) >= 11 is 0. The second kappa shape index (κ2) is 68.2. The van der Waals surface area contributed by atoms with Gasteiger partial charge in [0.05, 0.1) is 26.4 Å². The van der Waals surface area contributed by atoms with E-state index < -0.39 is 97.5 Å². The summed E-state index contributed by atoms with van der Waals surface area (Å²) in [7, 11) is -9.90. The van der Waals surface area contributed by atoms with E-state index in [1.165, 1.54) is 212 Å². The Morgan fingerprint density at radius 1 is 0.287 bits per heavy atom. The van der Waals surface area contributed by atoms with Gasteiger partial charge in [-0.15, -0.1) is 0 Å². The van der Waals surface area contributed by atoms with Crippen LogP contribution in [0.2, 0.25) is 0 Å². The topological polar surface area (TPSA) is 237 Å². The number of aliphatic hydroxyl groups excluding tert-OH is 1. The van der Waals surface area contributed by atoms with Crippen LogP contribution in [0.4, 0.5) is 0 Å². The molecule has 0 aromatic heterocycles. The van der Waals surface area contributed by atoms with E-state index in [0.717, 1.165) is 102 Å². The lowest BCUT2D eigenvalue weighted by atomic mass is 10.0. The summed E-state index contributed by atoms with van der Waals surface area (Å²) in [5, 5.41) is 10.6. The van der Waals surface area contributed by atoms with Crippen molar-refractivity contribution >= 4 is 39.5 Å². The van der Waals surface area contributed by atoms with E-state index in [1.807, 2.05) is 0 Å². The smallest absolute Gasteiger partial charge is 0.462 e. The molecule has 0 aromatic carbocycles. The van der Waals surface area contributed by atoms with Crippen molar-refractivity contribution in [1.82, 2.24) is 0 Å². The molecule has 0 aliphatic rings. The molecule has 0 heterocycles. The zero-order chi connectivity index (χ0) is 69.1. The number of rotatable bonds is 75. The molecule has 0 spiro atoms. The number of hydrogen-bond donors (Lipinski definition) is 3. The molecule has 0 aromatic rings. The molecular weight excluding hydrogens is 1230 g/mol. The Labute approximate surface area is 575 Å². The normalized spacial score (nSPS) is 14.0. The molecule has 17 nitrogen and oxygen atoms in total. The molecule has 2 unspecified atom stereocenters. The average Bonchev–Trinajstić information content (AvgIpc) is 1.13. The maximum atomic E-state index is 13.1. The third-order valence-corrected chi connectivity index (χ3v) is 19.4. The van der Waals surface area contributed by atoms with Gasteiger partial charge in [-0.2, -0.15) is 0 Å². The number of phosphoric ester groups is 2. The second-order valence-corrected chi connectivity index (χ2v) is 30.4. The standard InChI is InChI=1S/C75H146O17P2/c1-6-9-12-15-18-21-23-25-26-27-28-29-30-31-32-34-36-40-45-50-55-60-74(79)91-71(65-86-73(78)59-54-49-44-39-35-33-24-22-19-16-13-10-7-2)67-90-94(83,84)88-63-69(76)62-87-93(81,82)89-66-70(64-85-72(77)58-53-48-43-20-17-14-11-8-3)92-75(80)61-56-51-46-41-37-38-42-47-52-57-68(4)5/h68-71,76H,6-67H2,1-5H3,(H,81,82)(H,83,84)/t69-,70+,71+/m0/s1. The number of phosphoric acid groups is 2. The van der Waals surface area contributed by atoms with Gasteiger partial charge in [0.25, 0.3) is 0 Å². The molecule has 0 aliphatic heterocycles. The van der Waals surface area contributed by atoms with Gasteiger partial charge in [0.2, 0.25) is 0 Å². The number of carbonyl (C=O) groups excluding carboxylic acids is 4. The first kappa shape index (κ1) is 92.1. The van der Waals surface area contributed by atoms with E-state index in [0.29, 0.717) is 25.7 Å². The zero-order valence-corrected chi connectivity index (χ0v) is 62.9. The maximum Gasteiger partial charge on any atom is 0.472 e. The molecule has 0 bridgehead atoms. The van der Waals surface area contributed by atoms with Crippen molar-refractivity contribution in [2.24, 2.45) is 5.92 Å². The molecular formula is C75H146O17P2. The van der Waals surface area contributed by atoms with Gasteiger partial charge in [0.1, 0.15) is 19.3 Å². The third-order valence-electron chi connectivity index (χ3n) is 17.5. The molecule has 5 atom stereocenters. The summed E-state index contributed by atoms with van der Waals surface area (Å²) < 4.78 is 68.4.